The Morgan fingerprint density at radius 3 is 2.61 bits per heavy atom. The molecule has 0 unspecified atom stereocenters. The van der Waals surface area contributed by atoms with E-state index in [-0.39, 0.29) is 11.7 Å². The number of nitrogens with zero attached hydrogens (tertiary/aromatic N) is 2. The zero-order chi connectivity index (χ0) is 16.8. The van der Waals surface area contributed by atoms with Gasteiger partial charge < -0.3 is 10.4 Å². The highest BCUT2D eigenvalue weighted by Gasteiger charge is 2.14. The first-order valence-electron chi connectivity index (χ1n) is 8.12. The third kappa shape index (κ3) is 4.84. The van der Waals surface area contributed by atoms with Gasteiger partial charge in [0.1, 0.15) is 11.4 Å². The van der Waals surface area contributed by atoms with Gasteiger partial charge >= 0.3 is 0 Å². The van der Waals surface area contributed by atoms with Gasteiger partial charge in [-0.15, -0.1) is 0 Å². The topological polar surface area (TPSA) is 67.2 Å². The molecule has 1 aromatic carbocycles. The summed E-state index contributed by atoms with van der Waals surface area (Å²) in [6.45, 7) is 7.50. The molecule has 0 aliphatic carbocycles. The van der Waals surface area contributed by atoms with E-state index in [1.807, 2.05) is 25.1 Å². The van der Waals surface area contributed by atoms with Crippen LogP contribution in [0.4, 0.5) is 0 Å². The summed E-state index contributed by atoms with van der Waals surface area (Å²) >= 11 is 0. The molecular weight excluding hydrogens is 290 g/mol. The number of aromatic hydroxyl groups is 1. The molecule has 0 bridgehead atoms. The van der Waals surface area contributed by atoms with E-state index in [0.717, 1.165) is 24.1 Å². The second kappa shape index (κ2) is 7.81. The predicted octanol–water partition coefficient (Wildman–Crippen LogP) is 2.78. The minimum atomic E-state index is -0.0897. The van der Waals surface area contributed by atoms with Crippen LogP contribution in [0.1, 0.15) is 42.5 Å². The molecule has 124 valence electrons. The number of nitrogens with one attached hydrogen (secondary N) is 1. The standard InChI is InChI=1S/C18H25N3O2/c1-4-21-17(12-15(20-21)11-13(2)3)18(23)19-10-9-14-5-7-16(22)8-6-14/h5-8,12-13,22H,4,9-11H2,1-3H3,(H,19,23). The third-order valence-corrected chi connectivity index (χ3v) is 3.62. The van der Waals surface area contributed by atoms with Crippen molar-refractivity contribution in [3.8, 4) is 5.75 Å². The van der Waals surface area contributed by atoms with Crippen LogP contribution in [0.15, 0.2) is 30.3 Å². The van der Waals surface area contributed by atoms with Crippen molar-refractivity contribution >= 4 is 5.91 Å². The molecular formula is C18H25N3O2. The molecule has 5 nitrogen and oxygen atoms in total. The summed E-state index contributed by atoms with van der Waals surface area (Å²) in [4.78, 5) is 12.4. The Morgan fingerprint density at radius 2 is 2.00 bits per heavy atom. The molecule has 0 saturated carbocycles. The molecule has 0 atom stereocenters. The van der Waals surface area contributed by atoms with Gasteiger partial charge in [0, 0.05) is 13.1 Å². The lowest BCUT2D eigenvalue weighted by molar-refractivity contribution is 0.0943. The van der Waals surface area contributed by atoms with Gasteiger partial charge in [0.15, 0.2) is 0 Å². The van der Waals surface area contributed by atoms with Crippen molar-refractivity contribution in [2.45, 2.75) is 40.2 Å². The normalized spacial score (nSPS) is 11.0. The van der Waals surface area contributed by atoms with E-state index >= 15 is 0 Å². The average Bonchev–Trinajstić information content (AvgIpc) is 2.91. The van der Waals surface area contributed by atoms with Crippen molar-refractivity contribution in [2.75, 3.05) is 6.54 Å². The summed E-state index contributed by atoms with van der Waals surface area (Å²) < 4.78 is 1.76. The molecule has 2 aromatic rings. The Hall–Kier alpha value is -2.30. The lowest BCUT2D eigenvalue weighted by atomic mass is 10.1. The molecule has 1 heterocycles. The summed E-state index contributed by atoms with van der Waals surface area (Å²) in [5, 5.41) is 16.7. The molecule has 1 amide bonds. The Balaban J connectivity index is 1.94. The SMILES string of the molecule is CCn1nc(CC(C)C)cc1C(=O)NCCc1ccc(O)cc1. The van der Waals surface area contributed by atoms with Crippen LogP contribution >= 0.6 is 0 Å². The molecule has 0 radical (unpaired) electrons. The van der Waals surface area contributed by atoms with Gasteiger partial charge in [-0.1, -0.05) is 26.0 Å². The Bertz CT molecular complexity index is 645. The number of hydrogen-bond donors (Lipinski definition) is 2. The molecule has 0 saturated heterocycles. The summed E-state index contributed by atoms with van der Waals surface area (Å²) in [7, 11) is 0. The van der Waals surface area contributed by atoms with E-state index in [0.29, 0.717) is 24.7 Å². The molecule has 0 spiro atoms. The van der Waals surface area contributed by atoms with Gasteiger partial charge in [-0.25, -0.2) is 0 Å². The summed E-state index contributed by atoms with van der Waals surface area (Å²) in [5.74, 6) is 0.677. The van der Waals surface area contributed by atoms with Gasteiger partial charge in [0.05, 0.1) is 5.69 Å². The van der Waals surface area contributed by atoms with Crippen LogP contribution in [-0.4, -0.2) is 27.3 Å². The summed E-state index contributed by atoms with van der Waals surface area (Å²) in [6.07, 6.45) is 1.60. The van der Waals surface area contributed by atoms with E-state index in [2.05, 4.69) is 24.3 Å². The fourth-order valence-electron chi connectivity index (χ4n) is 2.49. The highest BCUT2D eigenvalue weighted by atomic mass is 16.3. The van der Waals surface area contributed by atoms with Gasteiger partial charge in [0.25, 0.3) is 5.91 Å². The number of phenols is 1. The fourth-order valence-corrected chi connectivity index (χ4v) is 2.49. The largest absolute Gasteiger partial charge is 0.508 e. The van der Waals surface area contributed by atoms with E-state index in [9.17, 15) is 9.90 Å². The first-order chi connectivity index (χ1) is 11.0. The molecule has 0 aliphatic rings. The van der Waals surface area contributed by atoms with E-state index in [1.165, 1.54) is 0 Å². The number of hydrogen-bond acceptors (Lipinski definition) is 3. The van der Waals surface area contributed by atoms with Gasteiger partial charge in [-0.2, -0.15) is 5.10 Å². The Kier molecular flexibility index (Phi) is 5.79. The molecule has 0 fully saturated rings. The first-order valence-corrected chi connectivity index (χ1v) is 8.12. The van der Waals surface area contributed by atoms with Gasteiger partial charge in [-0.3, -0.25) is 9.48 Å². The monoisotopic (exact) mass is 315 g/mol. The number of carbonyl (C=O) groups excluding carboxylic acids is 1. The molecule has 5 heteroatoms. The fraction of sp³-hybridized carbons (Fsp3) is 0.444. The zero-order valence-electron chi connectivity index (χ0n) is 14.0. The van der Waals surface area contributed by atoms with Crippen LogP contribution in [-0.2, 0) is 19.4 Å². The van der Waals surface area contributed by atoms with E-state index in [4.69, 9.17) is 0 Å². The molecule has 2 rings (SSSR count). The van der Waals surface area contributed by atoms with Crippen molar-refractivity contribution in [3.63, 3.8) is 0 Å². The van der Waals surface area contributed by atoms with Crippen molar-refractivity contribution in [3.05, 3.63) is 47.3 Å². The highest BCUT2D eigenvalue weighted by molar-refractivity contribution is 5.92. The Morgan fingerprint density at radius 1 is 1.30 bits per heavy atom. The van der Waals surface area contributed by atoms with E-state index < -0.39 is 0 Å². The summed E-state index contributed by atoms with van der Waals surface area (Å²) in [5.41, 5.74) is 2.66. The maximum Gasteiger partial charge on any atom is 0.269 e. The van der Waals surface area contributed by atoms with Crippen molar-refractivity contribution in [1.82, 2.24) is 15.1 Å². The van der Waals surface area contributed by atoms with Gasteiger partial charge in [0.2, 0.25) is 0 Å². The number of benzene rings is 1. The Labute approximate surface area is 137 Å². The minimum Gasteiger partial charge on any atom is -0.508 e. The van der Waals surface area contributed by atoms with Crippen LogP contribution in [0.5, 0.6) is 5.75 Å². The summed E-state index contributed by atoms with van der Waals surface area (Å²) in [6, 6.07) is 8.92. The highest BCUT2D eigenvalue weighted by Crippen LogP contribution is 2.11. The van der Waals surface area contributed by atoms with Crippen LogP contribution in [0, 0.1) is 5.92 Å². The second-order valence-electron chi connectivity index (χ2n) is 6.11. The quantitative estimate of drug-likeness (QED) is 0.825. The van der Waals surface area contributed by atoms with Gasteiger partial charge in [-0.05, 0) is 49.4 Å². The maximum absolute atomic E-state index is 12.4. The lowest BCUT2D eigenvalue weighted by Gasteiger charge is -2.07. The number of carbonyl (C=O) groups is 1. The minimum absolute atomic E-state index is 0.0897. The maximum atomic E-state index is 12.4. The second-order valence-corrected chi connectivity index (χ2v) is 6.11. The van der Waals surface area contributed by atoms with Crippen molar-refractivity contribution < 1.29 is 9.90 Å². The first kappa shape index (κ1) is 17.1. The number of aromatic nitrogens is 2. The number of amides is 1. The van der Waals surface area contributed by atoms with E-state index in [1.54, 1.807) is 16.8 Å². The number of phenolic OH excluding ortho intramolecular Hbond substituents is 1. The number of rotatable bonds is 7. The lowest BCUT2D eigenvalue weighted by Crippen LogP contribution is -2.28. The van der Waals surface area contributed by atoms with Crippen LogP contribution in [0.3, 0.4) is 0 Å². The average molecular weight is 315 g/mol. The third-order valence-electron chi connectivity index (χ3n) is 3.62. The predicted molar refractivity (Wildman–Crippen MR) is 90.6 cm³/mol. The van der Waals surface area contributed by atoms with Crippen LogP contribution in [0.25, 0.3) is 0 Å². The van der Waals surface area contributed by atoms with Crippen LogP contribution < -0.4 is 5.32 Å². The molecule has 0 aliphatic heterocycles. The van der Waals surface area contributed by atoms with Crippen molar-refractivity contribution in [1.29, 1.82) is 0 Å². The van der Waals surface area contributed by atoms with Crippen LogP contribution in [0.2, 0.25) is 0 Å². The van der Waals surface area contributed by atoms with Crippen molar-refractivity contribution in [2.24, 2.45) is 5.92 Å². The molecule has 23 heavy (non-hydrogen) atoms. The number of aryl methyl sites for hydroxylation is 1. The molecule has 2 N–H and O–H groups in total. The smallest absolute Gasteiger partial charge is 0.269 e. The zero-order valence-corrected chi connectivity index (χ0v) is 14.0. The molecule has 1 aromatic heterocycles.